The van der Waals surface area contributed by atoms with Crippen LogP contribution in [0.1, 0.15) is 4.88 Å². The maximum absolute atomic E-state index is 11.0. The maximum atomic E-state index is 11.0. The highest BCUT2D eigenvalue weighted by atomic mass is 32.1. The number of anilines is 1. The number of carbonyl (C=O) groups excluding carboxylic acids is 1. The molecular formula is C12H13N3O2S. The van der Waals surface area contributed by atoms with Gasteiger partial charge in [-0.25, -0.2) is 4.98 Å². The molecule has 1 aromatic carbocycles. The fourth-order valence-corrected chi connectivity index (χ4v) is 2.49. The molecule has 0 saturated heterocycles. The van der Waals surface area contributed by atoms with Gasteiger partial charge in [-0.1, -0.05) is 0 Å². The first-order valence-electron chi connectivity index (χ1n) is 5.28. The normalized spacial score (nSPS) is 10.3. The Balaban J connectivity index is 2.39. The van der Waals surface area contributed by atoms with Gasteiger partial charge < -0.3 is 16.2 Å². The number of carbonyl (C=O) groups is 1. The molecule has 4 N–H and O–H groups in total. The summed E-state index contributed by atoms with van der Waals surface area (Å²) in [6.45, 7) is 0. The number of primary amides is 1. The SMILES string of the molecule is COc1ccc(-c2nc(N)sc2CC(N)=O)cc1. The zero-order valence-corrected chi connectivity index (χ0v) is 10.7. The number of nitrogen functional groups attached to an aromatic ring is 1. The average Bonchev–Trinajstić information content (AvgIpc) is 2.69. The summed E-state index contributed by atoms with van der Waals surface area (Å²) in [5.74, 6) is 0.367. The van der Waals surface area contributed by atoms with E-state index in [4.69, 9.17) is 16.2 Å². The summed E-state index contributed by atoms with van der Waals surface area (Å²) in [7, 11) is 1.61. The molecule has 0 fully saturated rings. The molecule has 0 saturated carbocycles. The molecule has 6 heteroatoms. The van der Waals surface area contributed by atoms with Crippen molar-refractivity contribution in [3.05, 3.63) is 29.1 Å². The summed E-state index contributed by atoms with van der Waals surface area (Å²) in [5, 5.41) is 0.428. The van der Waals surface area contributed by atoms with E-state index >= 15 is 0 Å². The fourth-order valence-electron chi connectivity index (χ4n) is 1.62. The molecule has 0 aliphatic carbocycles. The van der Waals surface area contributed by atoms with Crippen molar-refractivity contribution in [2.24, 2.45) is 5.73 Å². The number of nitrogens with two attached hydrogens (primary N) is 2. The molecule has 1 amide bonds. The molecule has 94 valence electrons. The number of ether oxygens (including phenoxy) is 1. The highest BCUT2D eigenvalue weighted by Gasteiger charge is 2.13. The number of aromatic nitrogens is 1. The van der Waals surface area contributed by atoms with E-state index in [2.05, 4.69) is 4.98 Å². The Kier molecular flexibility index (Phi) is 3.47. The van der Waals surface area contributed by atoms with E-state index in [-0.39, 0.29) is 6.42 Å². The summed E-state index contributed by atoms with van der Waals surface area (Å²) in [6.07, 6.45) is 0.149. The van der Waals surface area contributed by atoms with E-state index in [9.17, 15) is 4.79 Å². The van der Waals surface area contributed by atoms with Crippen LogP contribution in [-0.4, -0.2) is 18.0 Å². The average molecular weight is 263 g/mol. The van der Waals surface area contributed by atoms with Crippen molar-refractivity contribution in [2.75, 3.05) is 12.8 Å². The molecule has 1 aromatic heterocycles. The number of nitrogens with zero attached hydrogens (tertiary/aromatic N) is 1. The van der Waals surface area contributed by atoms with Crippen molar-refractivity contribution in [1.29, 1.82) is 0 Å². The lowest BCUT2D eigenvalue weighted by Gasteiger charge is -2.03. The van der Waals surface area contributed by atoms with Crippen molar-refractivity contribution in [2.45, 2.75) is 6.42 Å². The Bertz CT molecular complexity index is 563. The van der Waals surface area contributed by atoms with Gasteiger partial charge in [0.1, 0.15) is 5.75 Å². The molecule has 0 aliphatic heterocycles. The number of thiazole rings is 1. The molecule has 0 radical (unpaired) electrons. The van der Waals surface area contributed by atoms with E-state index in [1.165, 1.54) is 11.3 Å². The fraction of sp³-hybridized carbons (Fsp3) is 0.167. The Morgan fingerprint density at radius 2 is 2.06 bits per heavy atom. The van der Waals surface area contributed by atoms with Gasteiger partial charge in [0, 0.05) is 10.4 Å². The van der Waals surface area contributed by atoms with Crippen molar-refractivity contribution >= 4 is 22.4 Å². The van der Waals surface area contributed by atoms with Gasteiger partial charge in [-0.15, -0.1) is 11.3 Å². The number of benzene rings is 1. The minimum absolute atomic E-state index is 0.149. The van der Waals surface area contributed by atoms with Gasteiger partial charge >= 0.3 is 0 Å². The van der Waals surface area contributed by atoms with E-state index in [1.807, 2.05) is 24.3 Å². The summed E-state index contributed by atoms with van der Waals surface area (Å²) >= 11 is 1.28. The van der Waals surface area contributed by atoms with Gasteiger partial charge in [0.25, 0.3) is 0 Å². The summed E-state index contributed by atoms with van der Waals surface area (Å²) < 4.78 is 5.09. The molecule has 0 unspecified atom stereocenters. The molecule has 0 atom stereocenters. The van der Waals surface area contributed by atoms with Crippen molar-refractivity contribution < 1.29 is 9.53 Å². The smallest absolute Gasteiger partial charge is 0.222 e. The monoisotopic (exact) mass is 263 g/mol. The van der Waals surface area contributed by atoms with Crippen LogP contribution >= 0.6 is 11.3 Å². The zero-order valence-electron chi connectivity index (χ0n) is 9.84. The first kappa shape index (κ1) is 12.4. The Morgan fingerprint density at radius 1 is 1.39 bits per heavy atom. The lowest BCUT2D eigenvalue weighted by atomic mass is 10.1. The van der Waals surface area contributed by atoms with E-state index in [0.29, 0.717) is 10.8 Å². The molecule has 0 spiro atoms. The highest BCUT2D eigenvalue weighted by molar-refractivity contribution is 7.15. The predicted octanol–water partition coefficient (Wildman–Crippen LogP) is 1.43. The second-order valence-electron chi connectivity index (χ2n) is 3.70. The largest absolute Gasteiger partial charge is 0.497 e. The number of amides is 1. The number of rotatable bonds is 4. The second kappa shape index (κ2) is 5.05. The van der Waals surface area contributed by atoms with Gasteiger partial charge in [-0.2, -0.15) is 0 Å². The third-order valence-electron chi connectivity index (χ3n) is 2.41. The third-order valence-corrected chi connectivity index (χ3v) is 3.30. The third kappa shape index (κ3) is 2.60. The summed E-state index contributed by atoms with van der Waals surface area (Å²) in [6, 6.07) is 7.41. The van der Waals surface area contributed by atoms with E-state index < -0.39 is 5.91 Å². The van der Waals surface area contributed by atoms with Gasteiger partial charge in [-0.05, 0) is 24.3 Å². The predicted molar refractivity (Wildman–Crippen MR) is 71.4 cm³/mol. The maximum Gasteiger partial charge on any atom is 0.222 e. The van der Waals surface area contributed by atoms with Crippen molar-refractivity contribution in [3.8, 4) is 17.0 Å². The summed E-state index contributed by atoms with van der Waals surface area (Å²) in [5.41, 5.74) is 12.5. The first-order chi connectivity index (χ1) is 8.60. The lowest BCUT2D eigenvalue weighted by molar-refractivity contribution is -0.117. The lowest BCUT2D eigenvalue weighted by Crippen LogP contribution is -2.13. The standard InChI is InChI=1S/C12H13N3O2S/c1-17-8-4-2-7(3-5-8)11-9(6-10(13)16)18-12(14)15-11/h2-5H,6H2,1H3,(H2,13,16)(H2,14,15). The van der Waals surface area contributed by atoms with E-state index in [1.54, 1.807) is 7.11 Å². The van der Waals surface area contributed by atoms with Crippen LogP contribution in [0.25, 0.3) is 11.3 Å². The number of methoxy groups -OCH3 is 1. The van der Waals surface area contributed by atoms with Crippen molar-refractivity contribution in [3.63, 3.8) is 0 Å². The van der Waals surface area contributed by atoms with Gasteiger partial charge in [0.2, 0.25) is 5.91 Å². The van der Waals surface area contributed by atoms with Gasteiger partial charge in [0.05, 0.1) is 19.2 Å². The topological polar surface area (TPSA) is 91.2 Å². The van der Waals surface area contributed by atoms with Crippen LogP contribution in [0.15, 0.2) is 24.3 Å². The van der Waals surface area contributed by atoms with Crippen LogP contribution in [0, 0.1) is 0 Å². The second-order valence-corrected chi connectivity index (χ2v) is 4.81. The van der Waals surface area contributed by atoms with Gasteiger partial charge in [0.15, 0.2) is 5.13 Å². The molecule has 1 heterocycles. The zero-order chi connectivity index (χ0) is 13.1. The van der Waals surface area contributed by atoms with Crippen LogP contribution in [0.5, 0.6) is 5.75 Å². The Labute approximate surface area is 108 Å². The molecule has 5 nitrogen and oxygen atoms in total. The van der Waals surface area contributed by atoms with Crippen LogP contribution in [-0.2, 0) is 11.2 Å². The van der Waals surface area contributed by atoms with Crippen LogP contribution < -0.4 is 16.2 Å². The van der Waals surface area contributed by atoms with Crippen molar-refractivity contribution in [1.82, 2.24) is 4.98 Å². The Hall–Kier alpha value is -2.08. The summed E-state index contributed by atoms with van der Waals surface area (Å²) in [4.78, 5) is 16.0. The molecule has 18 heavy (non-hydrogen) atoms. The quantitative estimate of drug-likeness (QED) is 0.872. The van der Waals surface area contributed by atoms with Crippen LogP contribution in [0.4, 0.5) is 5.13 Å². The Morgan fingerprint density at radius 3 is 2.61 bits per heavy atom. The number of hydrogen-bond donors (Lipinski definition) is 2. The van der Waals surface area contributed by atoms with E-state index in [0.717, 1.165) is 16.2 Å². The van der Waals surface area contributed by atoms with Crippen LogP contribution in [0.2, 0.25) is 0 Å². The minimum atomic E-state index is -0.395. The van der Waals surface area contributed by atoms with Crippen LogP contribution in [0.3, 0.4) is 0 Å². The molecule has 2 rings (SSSR count). The minimum Gasteiger partial charge on any atom is -0.497 e. The van der Waals surface area contributed by atoms with Gasteiger partial charge in [-0.3, -0.25) is 4.79 Å². The number of hydrogen-bond acceptors (Lipinski definition) is 5. The molecule has 2 aromatic rings. The molecule has 0 bridgehead atoms. The first-order valence-corrected chi connectivity index (χ1v) is 6.09. The molecular weight excluding hydrogens is 250 g/mol. The molecule has 0 aliphatic rings. The highest BCUT2D eigenvalue weighted by Crippen LogP contribution is 2.30.